The molecule has 9 heteroatoms. The number of nitrogens with zero attached hydrogens (tertiary/aromatic N) is 2. The number of benzene rings is 3. The number of nitrogens with one attached hydrogen (secondary N) is 2. The van der Waals surface area contributed by atoms with Crippen molar-refractivity contribution in [1.29, 1.82) is 0 Å². The van der Waals surface area contributed by atoms with Crippen LogP contribution in [0.1, 0.15) is 29.5 Å². The Labute approximate surface area is 231 Å². The van der Waals surface area contributed by atoms with Crippen LogP contribution in [0.15, 0.2) is 76.3 Å². The lowest BCUT2D eigenvalue weighted by Gasteiger charge is -2.15. The van der Waals surface area contributed by atoms with Crippen LogP contribution in [0.25, 0.3) is 10.9 Å². The van der Waals surface area contributed by atoms with Gasteiger partial charge >= 0.3 is 5.69 Å². The molecule has 1 aromatic heterocycles. The van der Waals surface area contributed by atoms with Gasteiger partial charge in [-0.2, -0.15) is 0 Å². The normalized spacial score (nSPS) is 10.9. The van der Waals surface area contributed by atoms with Gasteiger partial charge in [-0.3, -0.25) is 23.5 Å². The number of amides is 2. The van der Waals surface area contributed by atoms with Crippen molar-refractivity contribution >= 4 is 40.0 Å². The molecule has 2 N–H and O–H groups in total. The van der Waals surface area contributed by atoms with E-state index in [2.05, 4.69) is 10.6 Å². The minimum Gasteiger partial charge on any atom is -0.356 e. The van der Waals surface area contributed by atoms with Crippen molar-refractivity contribution in [2.24, 2.45) is 0 Å². The molecule has 0 saturated heterocycles. The molecule has 4 rings (SSSR count). The quantitative estimate of drug-likeness (QED) is 0.311. The summed E-state index contributed by atoms with van der Waals surface area (Å²) in [4.78, 5) is 51.7. The van der Waals surface area contributed by atoms with Crippen molar-refractivity contribution in [3.05, 3.63) is 109 Å². The van der Waals surface area contributed by atoms with Crippen molar-refractivity contribution in [2.45, 2.75) is 46.2 Å². The van der Waals surface area contributed by atoms with Gasteiger partial charge in [-0.15, -0.1) is 0 Å². The minimum absolute atomic E-state index is 0.0584. The average Bonchev–Trinajstić information content (AvgIpc) is 2.91. The highest BCUT2D eigenvalue weighted by molar-refractivity contribution is 6.31. The molecule has 0 fully saturated rings. The van der Waals surface area contributed by atoms with Gasteiger partial charge in [0.25, 0.3) is 5.56 Å². The Morgan fingerprint density at radius 3 is 2.41 bits per heavy atom. The zero-order valence-corrected chi connectivity index (χ0v) is 22.8. The summed E-state index contributed by atoms with van der Waals surface area (Å²) in [6.45, 7) is 4.14. The second kappa shape index (κ2) is 12.6. The fourth-order valence-electron chi connectivity index (χ4n) is 4.37. The summed E-state index contributed by atoms with van der Waals surface area (Å²) in [5, 5.41) is 6.49. The van der Waals surface area contributed by atoms with Crippen molar-refractivity contribution < 1.29 is 9.59 Å². The summed E-state index contributed by atoms with van der Waals surface area (Å²) >= 11 is 6.06. The zero-order chi connectivity index (χ0) is 27.9. The first-order valence-corrected chi connectivity index (χ1v) is 13.2. The highest BCUT2D eigenvalue weighted by Crippen LogP contribution is 2.20. The molecule has 0 atom stereocenters. The summed E-state index contributed by atoms with van der Waals surface area (Å²) in [5.74, 6) is -0.571. The molecule has 0 bridgehead atoms. The predicted molar refractivity (Wildman–Crippen MR) is 154 cm³/mol. The van der Waals surface area contributed by atoms with Gasteiger partial charge in [0.15, 0.2) is 0 Å². The van der Waals surface area contributed by atoms with Crippen molar-refractivity contribution in [3.8, 4) is 0 Å². The first kappa shape index (κ1) is 27.9. The Hall–Kier alpha value is -4.17. The van der Waals surface area contributed by atoms with E-state index in [1.54, 1.807) is 42.5 Å². The molecule has 0 spiro atoms. The van der Waals surface area contributed by atoms with E-state index in [9.17, 15) is 19.2 Å². The van der Waals surface area contributed by atoms with Crippen LogP contribution in [0.3, 0.4) is 0 Å². The number of para-hydroxylation sites is 1. The van der Waals surface area contributed by atoms with Crippen LogP contribution in [0, 0.1) is 13.8 Å². The van der Waals surface area contributed by atoms with Crippen molar-refractivity contribution in [1.82, 2.24) is 14.5 Å². The Morgan fingerprint density at radius 1 is 0.897 bits per heavy atom. The minimum atomic E-state index is -0.601. The molecular formula is C30H31ClN4O4. The third kappa shape index (κ3) is 7.03. The predicted octanol–water partition coefficient (Wildman–Crippen LogP) is 4.21. The van der Waals surface area contributed by atoms with Crippen LogP contribution in [0.4, 0.5) is 5.69 Å². The molecular weight excluding hydrogens is 516 g/mol. The average molecular weight is 547 g/mol. The third-order valence-corrected chi connectivity index (χ3v) is 6.78. The standard InChI is InChI=1S/C30H31ClN4O4/c1-20-9-12-22(13-10-20)15-16-32-27(36)8-5-17-34-29(38)24-6-3-4-7-26(24)35(30(34)39)19-28(37)33-25-18-23(31)14-11-21(25)2/h3-4,6-7,9-14,18H,5,8,15-17,19H2,1-2H3,(H,32,36)(H,33,37). The molecule has 0 aliphatic heterocycles. The second-order valence-electron chi connectivity index (χ2n) is 9.54. The van der Waals surface area contributed by atoms with Gasteiger partial charge in [0.1, 0.15) is 6.54 Å². The fraction of sp³-hybridized carbons (Fsp3) is 0.267. The monoisotopic (exact) mass is 546 g/mol. The van der Waals surface area contributed by atoms with Crippen LogP contribution in [-0.4, -0.2) is 27.5 Å². The molecule has 0 radical (unpaired) electrons. The molecule has 39 heavy (non-hydrogen) atoms. The second-order valence-corrected chi connectivity index (χ2v) is 9.98. The topological polar surface area (TPSA) is 102 Å². The lowest BCUT2D eigenvalue weighted by atomic mass is 10.1. The molecule has 0 aliphatic rings. The Kier molecular flexibility index (Phi) is 8.99. The maximum absolute atomic E-state index is 13.4. The van der Waals surface area contributed by atoms with E-state index in [0.717, 1.165) is 22.1 Å². The molecule has 0 aliphatic carbocycles. The summed E-state index contributed by atoms with van der Waals surface area (Å²) in [6, 6.07) is 20.0. The van der Waals surface area contributed by atoms with Crippen LogP contribution >= 0.6 is 11.6 Å². The maximum atomic E-state index is 13.4. The van der Waals surface area contributed by atoms with E-state index < -0.39 is 17.2 Å². The van der Waals surface area contributed by atoms with Gasteiger partial charge < -0.3 is 10.6 Å². The SMILES string of the molecule is Cc1ccc(CCNC(=O)CCCn2c(=O)c3ccccc3n(CC(=O)Nc3cc(Cl)ccc3C)c2=O)cc1. The number of aryl methyl sites for hydroxylation is 2. The largest absolute Gasteiger partial charge is 0.356 e. The smallest absolute Gasteiger partial charge is 0.331 e. The van der Waals surface area contributed by atoms with Crippen LogP contribution in [-0.2, 0) is 29.1 Å². The zero-order valence-electron chi connectivity index (χ0n) is 22.0. The fourth-order valence-corrected chi connectivity index (χ4v) is 4.54. The molecule has 8 nitrogen and oxygen atoms in total. The number of fused-ring (bicyclic) bond motifs is 1. The summed E-state index contributed by atoms with van der Waals surface area (Å²) in [6.07, 6.45) is 1.19. The van der Waals surface area contributed by atoms with Crippen LogP contribution in [0.5, 0.6) is 0 Å². The Morgan fingerprint density at radius 2 is 1.64 bits per heavy atom. The lowest BCUT2D eigenvalue weighted by molar-refractivity contribution is -0.121. The Balaban J connectivity index is 1.44. The molecule has 0 saturated carbocycles. The molecule has 4 aromatic rings. The molecule has 1 heterocycles. The number of aromatic nitrogens is 2. The molecule has 2 amide bonds. The number of carbonyl (C=O) groups is 2. The lowest BCUT2D eigenvalue weighted by Crippen LogP contribution is -2.42. The van der Waals surface area contributed by atoms with Gasteiger partial charge in [0.2, 0.25) is 11.8 Å². The van der Waals surface area contributed by atoms with E-state index in [0.29, 0.717) is 34.6 Å². The van der Waals surface area contributed by atoms with Crippen molar-refractivity contribution in [2.75, 3.05) is 11.9 Å². The first-order chi connectivity index (χ1) is 18.7. The Bertz CT molecular complexity index is 1620. The van der Waals surface area contributed by atoms with Gasteiger partial charge in [-0.1, -0.05) is 59.6 Å². The van der Waals surface area contributed by atoms with E-state index in [-0.39, 0.29) is 25.4 Å². The van der Waals surface area contributed by atoms with Gasteiger partial charge in [0.05, 0.1) is 10.9 Å². The molecule has 0 unspecified atom stereocenters. The maximum Gasteiger partial charge on any atom is 0.331 e. The summed E-state index contributed by atoms with van der Waals surface area (Å²) < 4.78 is 2.38. The molecule has 202 valence electrons. The number of halogens is 1. The number of hydrogen-bond donors (Lipinski definition) is 2. The highest BCUT2D eigenvalue weighted by Gasteiger charge is 2.16. The van der Waals surface area contributed by atoms with Gasteiger partial charge in [0, 0.05) is 30.2 Å². The molecule has 3 aromatic carbocycles. The van der Waals surface area contributed by atoms with E-state index in [1.807, 2.05) is 38.1 Å². The first-order valence-electron chi connectivity index (χ1n) is 12.8. The summed E-state index contributed by atoms with van der Waals surface area (Å²) in [7, 11) is 0. The van der Waals surface area contributed by atoms with E-state index in [1.165, 1.54) is 10.1 Å². The van der Waals surface area contributed by atoms with Gasteiger partial charge in [-0.25, -0.2) is 4.79 Å². The van der Waals surface area contributed by atoms with E-state index in [4.69, 9.17) is 11.6 Å². The number of carbonyl (C=O) groups excluding carboxylic acids is 2. The summed E-state index contributed by atoms with van der Waals surface area (Å²) in [5.41, 5.74) is 3.02. The number of rotatable bonds is 10. The number of hydrogen-bond acceptors (Lipinski definition) is 4. The number of anilines is 1. The third-order valence-electron chi connectivity index (χ3n) is 6.55. The van der Waals surface area contributed by atoms with Crippen LogP contribution in [0.2, 0.25) is 5.02 Å². The van der Waals surface area contributed by atoms with Crippen LogP contribution < -0.4 is 21.9 Å². The van der Waals surface area contributed by atoms with E-state index >= 15 is 0 Å². The van der Waals surface area contributed by atoms with Gasteiger partial charge in [-0.05, 0) is 62.1 Å². The van der Waals surface area contributed by atoms with Crippen molar-refractivity contribution in [3.63, 3.8) is 0 Å². The highest BCUT2D eigenvalue weighted by atomic mass is 35.5.